The molecule has 0 amide bonds. The van der Waals surface area contributed by atoms with Crippen molar-refractivity contribution in [1.82, 2.24) is 0 Å². The molecule has 4 heteroatoms. The molecular weight excluding hydrogens is 285 g/mol. The Labute approximate surface area is 109 Å². The number of nitrogens with one attached hydrogen (secondary N) is 1. The lowest BCUT2D eigenvalue weighted by atomic mass is 10.1. The van der Waals surface area contributed by atoms with Crippen LogP contribution < -0.4 is 5.32 Å². The van der Waals surface area contributed by atoms with Crippen molar-refractivity contribution >= 4 is 21.6 Å². The highest BCUT2D eigenvalue weighted by Crippen LogP contribution is 2.24. The predicted octanol–water partition coefficient (Wildman–Crippen LogP) is 4.00. The average molecular weight is 300 g/mol. The topological polar surface area (TPSA) is 21.3 Å². The lowest BCUT2D eigenvalue weighted by Gasteiger charge is -2.21. The van der Waals surface area contributed by atoms with Crippen molar-refractivity contribution in [3.05, 3.63) is 40.3 Å². The molecule has 2 nitrogen and oxygen atoms in total. The molecule has 1 heterocycles. The van der Waals surface area contributed by atoms with E-state index in [1.807, 2.05) is 13.0 Å². The van der Waals surface area contributed by atoms with E-state index < -0.39 is 0 Å². The standard InChI is InChI=1S/C13H15BrFNO/c1-9-6-12(15)11(14)7-13(9)16-8-10-4-2-3-5-17-10/h3,5-7,10,16H,2,4,8H2,1H3. The minimum absolute atomic E-state index is 0.197. The summed E-state index contributed by atoms with van der Waals surface area (Å²) in [5.74, 6) is -0.232. The van der Waals surface area contributed by atoms with Gasteiger partial charge in [0.25, 0.3) is 0 Å². The number of hydrogen-bond donors (Lipinski definition) is 1. The summed E-state index contributed by atoms with van der Waals surface area (Å²) in [6, 6.07) is 3.29. The number of halogens is 2. The molecule has 1 N–H and O–H groups in total. The third-order valence-corrected chi connectivity index (χ3v) is 3.42. The van der Waals surface area contributed by atoms with E-state index >= 15 is 0 Å². The third kappa shape index (κ3) is 3.22. The molecule has 0 aromatic heterocycles. The Morgan fingerprint density at radius 3 is 3.06 bits per heavy atom. The minimum atomic E-state index is -0.232. The van der Waals surface area contributed by atoms with E-state index in [2.05, 4.69) is 21.2 Å². The highest BCUT2D eigenvalue weighted by Gasteiger charge is 2.11. The third-order valence-electron chi connectivity index (χ3n) is 2.81. The molecule has 0 fully saturated rings. The molecule has 92 valence electrons. The molecule has 2 rings (SSSR count). The molecule has 0 radical (unpaired) electrons. The number of anilines is 1. The summed E-state index contributed by atoms with van der Waals surface area (Å²) in [6.07, 6.45) is 6.05. The highest BCUT2D eigenvalue weighted by molar-refractivity contribution is 9.10. The molecule has 0 saturated heterocycles. The van der Waals surface area contributed by atoms with Gasteiger partial charge in [-0.15, -0.1) is 0 Å². The van der Waals surface area contributed by atoms with Gasteiger partial charge in [-0.05, 0) is 59.5 Å². The average Bonchev–Trinajstić information content (AvgIpc) is 2.33. The Kier molecular flexibility index (Phi) is 4.05. The van der Waals surface area contributed by atoms with E-state index in [0.29, 0.717) is 4.47 Å². The second kappa shape index (κ2) is 5.54. The molecule has 0 spiro atoms. The van der Waals surface area contributed by atoms with Crippen LogP contribution in [0.1, 0.15) is 18.4 Å². The van der Waals surface area contributed by atoms with Crippen LogP contribution in [0.2, 0.25) is 0 Å². The first-order valence-corrected chi connectivity index (χ1v) is 6.46. The van der Waals surface area contributed by atoms with E-state index in [1.165, 1.54) is 6.07 Å². The summed E-state index contributed by atoms with van der Waals surface area (Å²) >= 11 is 3.19. The fourth-order valence-corrected chi connectivity index (χ4v) is 2.14. The Morgan fingerprint density at radius 2 is 2.35 bits per heavy atom. The molecular formula is C13H15BrFNO. The van der Waals surface area contributed by atoms with Crippen LogP contribution in [-0.4, -0.2) is 12.6 Å². The quantitative estimate of drug-likeness (QED) is 0.911. The molecule has 0 bridgehead atoms. The molecule has 1 atom stereocenters. The van der Waals surface area contributed by atoms with Crippen LogP contribution in [0, 0.1) is 12.7 Å². The summed E-state index contributed by atoms with van der Waals surface area (Å²) in [7, 11) is 0. The maximum absolute atomic E-state index is 13.2. The Morgan fingerprint density at radius 1 is 1.53 bits per heavy atom. The number of hydrogen-bond acceptors (Lipinski definition) is 2. The first kappa shape index (κ1) is 12.4. The van der Waals surface area contributed by atoms with E-state index in [1.54, 1.807) is 12.3 Å². The van der Waals surface area contributed by atoms with Crippen molar-refractivity contribution in [2.75, 3.05) is 11.9 Å². The monoisotopic (exact) mass is 299 g/mol. The molecule has 1 unspecified atom stereocenters. The van der Waals surface area contributed by atoms with Crippen molar-refractivity contribution < 1.29 is 9.13 Å². The first-order valence-electron chi connectivity index (χ1n) is 5.67. The highest BCUT2D eigenvalue weighted by atomic mass is 79.9. The molecule has 1 aliphatic heterocycles. The van der Waals surface area contributed by atoms with Crippen LogP contribution in [-0.2, 0) is 4.74 Å². The summed E-state index contributed by atoms with van der Waals surface area (Å²) < 4.78 is 19.2. The SMILES string of the molecule is Cc1cc(F)c(Br)cc1NCC1CCC=CO1. The first-order chi connectivity index (χ1) is 8.16. The Bertz CT molecular complexity index is 434. The van der Waals surface area contributed by atoms with Crippen LogP contribution in [0.4, 0.5) is 10.1 Å². The van der Waals surface area contributed by atoms with Gasteiger partial charge >= 0.3 is 0 Å². The summed E-state index contributed by atoms with van der Waals surface area (Å²) in [5.41, 5.74) is 1.84. The number of allylic oxidation sites excluding steroid dienone is 1. The Hall–Kier alpha value is -1.03. The lowest BCUT2D eigenvalue weighted by molar-refractivity contribution is 0.135. The van der Waals surface area contributed by atoms with Gasteiger partial charge in [0.1, 0.15) is 11.9 Å². The smallest absolute Gasteiger partial charge is 0.137 e. The maximum atomic E-state index is 13.2. The lowest BCUT2D eigenvalue weighted by Crippen LogP contribution is -2.23. The zero-order valence-electron chi connectivity index (χ0n) is 9.67. The van der Waals surface area contributed by atoms with Crippen molar-refractivity contribution in [2.45, 2.75) is 25.9 Å². The minimum Gasteiger partial charge on any atom is -0.497 e. The van der Waals surface area contributed by atoms with Crippen LogP contribution in [0.15, 0.2) is 28.9 Å². The van der Waals surface area contributed by atoms with Crippen molar-refractivity contribution in [3.8, 4) is 0 Å². The van der Waals surface area contributed by atoms with Crippen LogP contribution in [0.3, 0.4) is 0 Å². The van der Waals surface area contributed by atoms with Gasteiger partial charge < -0.3 is 10.1 Å². The fraction of sp³-hybridized carbons (Fsp3) is 0.385. The van der Waals surface area contributed by atoms with Gasteiger partial charge in [0.15, 0.2) is 0 Å². The number of benzene rings is 1. The van der Waals surface area contributed by atoms with Crippen molar-refractivity contribution in [2.24, 2.45) is 0 Å². The molecule has 1 aliphatic rings. The molecule has 0 aliphatic carbocycles. The van der Waals surface area contributed by atoms with E-state index in [4.69, 9.17) is 4.74 Å². The van der Waals surface area contributed by atoms with Crippen molar-refractivity contribution in [1.29, 1.82) is 0 Å². The second-order valence-corrected chi connectivity index (χ2v) is 5.02. The Balaban J connectivity index is 1.98. The normalized spacial score (nSPS) is 18.9. The number of ether oxygens (including phenoxy) is 1. The molecule has 1 aromatic carbocycles. The van der Waals surface area contributed by atoms with Gasteiger partial charge in [0.2, 0.25) is 0 Å². The second-order valence-electron chi connectivity index (χ2n) is 4.17. The zero-order chi connectivity index (χ0) is 12.3. The van der Waals surface area contributed by atoms with Gasteiger partial charge in [-0.3, -0.25) is 0 Å². The van der Waals surface area contributed by atoms with Crippen LogP contribution in [0.5, 0.6) is 0 Å². The van der Waals surface area contributed by atoms with E-state index in [-0.39, 0.29) is 11.9 Å². The fourth-order valence-electron chi connectivity index (χ4n) is 1.80. The van der Waals surface area contributed by atoms with Crippen LogP contribution >= 0.6 is 15.9 Å². The van der Waals surface area contributed by atoms with Gasteiger partial charge in [-0.1, -0.05) is 0 Å². The predicted molar refractivity (Wildman–Crippen MR) is 70.6 cm³/mol. The van der Waals surface area contributed by atoms with Gasteiger partial charge in [-0.25, -0.2) is 4.39 Å². The van der Waals surface area contributed by atoms with E-state index in [9.17, 15) is 4.39 Å². The summed E-state index contributed by atoms with van der Waals surface area (Å²) in [6.45, 7) is 2.63. The molecule has 17 heavy (non-hydrogen) atoms. The molecule has 0 saturated carbocycles. The van der Waals surface area contributed by atoms with Gasteiger partial charge in [0, 0.05) is 5.69 Å². The van der Waals surface area contributed by atoms with Gasteiger partial charge in [0.05, 0.1) is 17.3 Å². The van der Waals surface area contributed by atoms with E-state index in [0.717, 1.165) is 30.6 Å². The van der Waals surface area contributed by atoms with Crippen molar-refractivity contribution in [3.63, 3.8) is 0 Å². The summed E-state index contributed by atoms with van der Waals surface area (Å²) in [4.78, 5) is 0. The maximum Gasteiger partial charge on any atom is 0.137 e. The van der Waals surface area contributed by atoms with Gasteiger partial charge in [-0.2, -0.15) is 0 Å². The largest absolute Gasteiger partial charge is 0.497 e. The number of aryl methyl sites for hydroxylation is 1. The van der Waals surface area contributed by atoms with Crippen LogP contribution in [0.25, 0.3) is 0 Å². The zero-order valence-corrected chi connectivity index (χ0v) is 11.3. The summed E-state index contributed by atoms with van der Waals surface area (Å²) in [5, 5.41) is 3.30. The number of rotatable bonds is 3. The molecule has 1 aromatic rings.